The van der Waals surface area contributed by atoms with Crippen LogP contribution < -0.4 is 5.73 Å². The first-order valence-corrected chi connectivity index (χ1v) is 4.51. The summed E-state index contributed by atoms with van der Waals surface area (Å²) in [5.41, 5.74) is 6.44. The van der Waals surface area contributed by atoms with Crippen LogP contribution in [0.3, 0.4) is 0 Å². The molecular weight excluding hydrogens is 158 g/mol. The third-order valence-electron chi connectivity index (χ3n) is 2.02. The Hall–Kier alpha value is -0.380. The number of nitrogens with two attached hydrogens (primary N) is 1. The summed E-state index contributed by atoms with van der Waals surface area (Å²) in [6, 6.07) is 2.01. The Kier molecular flexibility index (Phi) is 2.65. The molecule has 1 aromatic heterocycles. The normalized spacial score (nSPS) is 16.3. The fourth-order valence-corrected chi connectivity index (χ4v) is 1.70. The van der Waals surface area contributed by atoms with Crippen LogP contribution in [0.1, 0.15) is 12.5 Å². The van der Waals surface area contributed by atoms with Crippen molar-refractivity contribution < 1.29 is 5.11 Å². The lowest BCUT2D eigenvalue weighted by molar-refractivity contribution is 0.210. The van der Waals surface area contributed by atoms with Crippen LogP contribution in [0.25, 0.3) is 0 Å². The Balaban J connectivity index is 2.87. The van der Waals surface area contributed by atoms with Gasteiger partial charge in [0.05, 0.1) is 6.61 Å². The van der Waals surface area contributed by atoms with Crippen LogP contribution in [-0.4, -0.2) is 18.3 Å². The molecule has 0 saturated carbocycles. The molecule has 0 amide bonds. The van der Waals surface area contributed by atoms with E-state index in [0.717, 1.165) is 5.56 Å². The Morgan fingerprint density at radius 2 is 2.45 bits per heavy atom. The van der Waals surface area contributed by atoms with Crippen molar-refractivity contribution in [1.82, 2.24) is 0 Å². The van der Waals surface area contributed by atoms with Gasteiger partial charge in [0.1, 0.15) is 0 Å². The van der Waals surface area contributed by atoms with E-state index in [1.165, 1.54) is 0 Å². The topological polar surface area (TPSA) is 46.2 Å². The largest absolute Gasteiger partial charge is 0.395 e. The van der Waals surface area contributed by atoms with Crippen LogP contribution in [0.4, 0.5) is 0 Å². The van der Waals surface area contributed by atoms with Crippen molar-refractivity contribution in [2.45, 2.75) is 12.3 Å². The highest BCUT2D eigenvalue weighted by Gasteiger charge is 2.23. The lowest BCUT2D eigenvalue weighted by atomic mass is 9.85. The standard InChI is InChI=1S/C8H13NOS/c1-8(5-9,6-10)7-2-3-11-4-7/h2-4,10H,5-6,9H2,1H3. The summed E-state index contributed by atoms with van der Waals surface area (Å²) in [5, 5.41) is 13.1. The second kappa shape index (κ2) is 3.34. The zero-order valence-electron chi connectivity index (χ0n) is 6.58. The van der Waals surface area contributed by atoms with Gasteiger partial charge in [-0.05, 0) is 22.4 Å². The van der Waals surface area contributed by atoms with Crippen LogP contribution in [0, 0.1) is 0 Å². The molecule has 0 bridgehead atoms. The summed E-state index contributed by atoms with van der Waals surface area (Å²) in [7, 11) is 0. The number of rotatable bonds is 3. The average molecular weight is 171 g/mol. The molecule has 1 unspecified atom stereocenters. The zero-order chi connectivity index (χ0) is 8.32. The molecule has 0 spiro atoms. The molecule has 3 heteroatoms. The van der Waals surface area contributed by atoms with Gasteiger partial charge in [0.25, 0.3) is 0 Å². The van der Waals surface area contributed by atoms with E-state index >= 15 is 0 Å². The van der Waals surface area contributed by atoms with Crippen molar-refractivity contribution in [3.63, 3.8) is 0 Å². The fraction of sp³-hybridized carbons (Fsp3) is 0.500. The molecule has 0 aromatic carbocycles. The first-order chi connectivity index (χ1) is 5.23. The van der Waals surface area contributed by atoms with E-state index in [4.69, 9.17) is 10.8 Å². The highest BCUT2D eigenvalue weighted by Crippen LogP contribution is 2.23. The minimum Gasteiger partial charge on any atom is -0.395 e. The van der Waals surface area contributed by atoms with Crippen LogP contribution in [0.5, 0.6) is 0 Å². The van der Waals surface area contributed by atoms with Gasteiger partial charge in [0, 0.05) is 12.0 Å². The lowest BCUT2D eigenvalue weighted by Crippen LogP contribution is -2.35. The van der Waals surface area contributed by atoms with Gasteiger partial charge in [-0.25, -0.2) is 0 Å². The maximum atomic E-state index is 9.08. The molecule has 0 aliphatic heterocycles. The minimum atomic E-state index is -0.250. The van der Waals surface area contributed by atoms with Crippen LogP contribution in [0.15, 0.2) is 16.8 Å². The first kappa shape index (κ1) is 8.71. The summed E-state index contributed by atoms with van der Waals surface area (Å²) < 4.78 is 0. The Morgan fingerprint density at radius 1 is 1.73 bits per heavy atom. The predicted octanol–water partition coefficient (Wildman–Crippen LogP) is 0.957. The summed E-state index contributed by atoms with van der Waals surface area (Å²) >= 11 is 1.63. The fourth-order valence-electron chi connectivity index (χ4n) is 0.882. The maximum Gasteiger partial charge on any atom is 0.0537 e. The molecule has 1 atom stereocenters. The van der Waals surface area contributed by atoms with Gasteiger partial charge >= 0.3 is 0 Å². The van der Waals surface area contributed by atoms with E-state index in [-0.39, 0.29) is 12.0 Å². The van der Waals surface area contributed by atoms with Gasteiger partial charge in [-0.3, -0.25) is 0 Å². The molecule has 0 fully saturated rings. The Labute approximate surface area is 70.7 Å². The molecule has 0 aliphatic carbocycles. The second-order valence-corrected chi connectivity index (χ2v) is 3.71. The van der Waals surface area contributed by atoms with Gasteiger partial charge in [-0.1, -0.05) is 6.92 Å². The van der Waals surface area contributed by atoms with E-state index in [2.05, 4.69) is 0 Å². The third-order valence-corrected chi connectivity index (χ3v) is 2.70. The van der Waals surface area contributed by atoms with Crippen molar-refractivity contribution in [3.05, 3.63) is 22.4 Å². The predicted molar refractivity (Wildman–Crippen MR) is 47.8 cm³/mol. The molecule has 0 radical (unpaired) electrons. The quantitative estimate of drug-likeness (QED) is 0.711. The molecule has 0 saturated heterocycles. The average Bonchev–Trinajstić information content (AvgIpc) is 2.55. The van der Waals surface area contributed by atoms with Crippen molar-refractivity contribution in [2.24, 2.45) is 5.73 Å². The smallest absolute Gasteiger partial charge is 0.0537 e. The summed E-state index contributed by atoms with van der Waals surface area (Å²) in [6.07, 6.45) is 0. The lowest BCUT2D eigenvalue weighted by Gasteiger charge is -2.23. The van der Waals surface area contributed by atoms with E-state index in [0.29, 0.717) is 6.54 Å². The molecule has 1 rings (SSSR count). The highest BCUT2D eigenvalue weighted by atomic mass is 32.1. The molecule has 11 heavy (non-hydrogen) atoms. The molecule has 1 heterocycles. The highest BCUT2D eigenvalue weighted by molar-refractivity contribution is 7.08. The van der Waals surface area contributed by atoms with Crippen LogP contribution >= 0.6 is 11.3 Å². The summed E-state index contributed by atoms with van der Waals surface area (Å²) in [5.74, 6) is 0. The number of aliphatic hydroxyl groups excluding tert-OH is 1. The Bertz CT molecular complexity index is 204. The summed E-state index contributed by atoms with van der Waals surface area (Å²) in [6.45, 7) is 2.56. The molecular formula is C8H13NOS. The van der Waals surface area contributed by atoms with Crippen molar-refractivity contribution in [2.75, 3.05) is 13.2 Å². The van der Waals surface area contributed by atoms with Gasteiger partial charge in [-0.15, -0.1) is 0 Å². The van der Waals surface area contributed by atoms with E-state index in [9.17, 15) is 0 Å². The molecule has 1 aromatic rings. The number of hydrogen-bond donors (Lipinski definition) is 2. The second-order valence-electron chi connectivity index (χ2n) is 2.93. The Morgan fingerprint density at radius 3 is 2.82 bits per heavy atom. The van der Waals surface area contributed by atoms with Gasteiger partial charge in [0.15, 0.2) is 0 Å². The number of aliphatic hydroxyl groups is 1. The maximum absolute atomic E-state index is 9.08. The van der Waals surface area contributed by atoms with Crippen molar-refractivity contribution in [1.29, 1.82) is 0 Å². The van der Waals surface area contributed by atoms with Crippen LogP contribution in [-0.2, 0) is 5.41 Å². The van der Waals surface area contributed by atoms with E-state index < -0.39 is 0 Å². The van der Waals surface area contributed by atoms with Crippen molar-refractivity contribution >= 4 is 11.3 Å². The molecule has 2 nitrogen and oxygen atoms in total. The van der Waals surface area contributed by atoms with Gasteiger partial charge < -0.3 is 10.8 Å². The van der Waals surface area contributed by atoms with Crippen molar-refractivity contribution in [3.8, 4) is 0 Å². The van der Waals surface area contributed by atoms with E-state index in [1.807, 2.05) is 23.8 Å². The SMILES string of the molecule is CC(CN)(CO)c1ccsc1. The first-order valence-electron chi connectivity index (χ1n) is 3.56. The van der Waals surface area contributed by atoms with Crippen LogP contribution in [0.2, 0.25) is 0 Å². The summed E-state index contributed by atoms with van der Waals surface area (Å²) in [4.78, 5) is 0. The molecule has 3 N–H and O–H groups in total. The number of hydrogen-bond acceptors (Lipinski definition) is 3. The van der Waals surface area contributed by atoms with Gasteiger partial charge in [0.2, 0.25) is 0 Å². The molecule has 0 aliphatic rings. The molecule has 62 valence electrons. The third kappa shape index (κ3) is 1.61. The van der Waals surface area contributed by atoms with E-state index in [1.54, 1.807) is 11.3 Å². The zero-order valence-corrected chi connectivity index (χ0v) is 7.40. The number of thiophene rings is 1. The minimum absolute atomic E-state index is 0.111. The monoisotopic (exact) mass is 171 g/mol. The van der Waals surface area contributed by atoms with Gasteiger partial charge in [-0.2, -0.15) is 11.3 Å².